The number of aromatic nitrogens is 4. The minimum atomic E-state index is -0.391. The summed E-state index contributed by atoms with van der Waals surface area (Å²) < 4.78 is 15.6. The lowest BCUT2D eigenvalue weighted by atomic mass is 9.86. The second-order valence-electron chi connectivity index (χ2n) is 10.3. The molecule has 3 heterocycles. The molecule has 0 amide bonds. The van der Waals surface area contributed by atoms with Crippen molar-refractivity contribution in [1.82, 2.24) is 25.1 Å². The summed E-state index contributed by atoms with van der Waals surface area (Å²) in [4.78, 5) is 10.5. The van der Waals surface area contributed by atoms with Gasteiger partial charge in [-0.2, -0.15) is 5.10 Å². The van der Waals surface area contributed by atoms with Gasteiger partial charge in [0.05, 0.1) is 11.9 Å². The third kappa shape index (κ3) is 4.34. The van der Waals surface area contributed by atoms with E-state index in [4.69, 9.17) is 0 Å². The number of aliphatic hydroxyl groups is 1. The number of hydrogen-bond donors (Lipinski definition) is 4. The van der Waals surface area contributed by atoms with Crippen LogP contribution < -0.4 is 0 Å². The Morgan fingerprint density at radius 2 is 1.92 bits per heavy atom. The molecule has 6 rings (SSSR count). The number of nitrogens with one attached hydrogen (secondary N) is 2. The van der Waals surface area contributed by atoms with E-state index in [0.717, 1.165) is 55.6 Å². The van der Waals surface area contributed by atoms with Crippen molar-refractivity contribution in [3.63, 3.8) is 0 Å². The highest BCUT2D eigenvalue weighted by molar-refractivity contribution is 5.95. The molecule has 1 saturated carbocycles. The van der Waals surface area contributed by atoms with Crippen molar-refractivity contribution in [2.24, 2.45) is 5.92 Å². The van der Waals surface area contributed by atoms with Crippen molar-refractivity contribution in [2.45, 2.75) is 45.1 Å². The molecule has 1 aliphatic heterocycles. The second-order valence-corrected chi connectivity index (χ2v) is 10.3. The lowest BCUT2D eigenvalue weighted by Crippen LogP contribution is -2.37. The molecule has 2 aromatic carbocycles. The molecule has 1 fully saturated rings. The number of rotatable bonds is 6. The minimum Gasteiger partial charge on any atom is -0.508 e. The lowest BCUT2D eigenvalue weighted by Gasteiger charge is -2.34. The highest BCUT2D eigenvalue weighted by atomic mass is 19.1. The summed E-state index contributed by atoms with van der Waals surface area (Å²) in [5, 5.41) is 27.2. The number of hydrogen-bond acceptors (Lipinski definition) is 5. The van der Waals surface area contributed by atoms with Crippen LogP contribution in [0.15, 0.2) is 42.6 Å². The van der Waals surface area contributed by atoms with Crippen LogP contribution in [0.1, 0.15) is 43.9 Å². The maximum Gasteiger partial charge on any atom is 0.159 e. The number of H-pyrrole nitrogens is 2. The van der Waals surface area contributed by atoms with Crippen LogP contribution in [0, 0.1) is 11.7 Å². The molecule has 192 valence electrons. The number of phenols is 1. The Kier molecular flexibility index (Phi) is 6.30. The topological polar surface area (TPSA) is 101 Å². The number of benzene rings is 2. The van der Waals surface area contributed by atoms with Gasteiger partial charge in [-0.15, -0.1) is 0 Å². The van der Waals surface area contributed by atoms with E-state index in [9.17, 15) is 10.2 Å². The van der Waals surface area contributed by atoms with Crippen LogP contribution >= 0.6 is 0 Å². The average molecular weight is 502 g/mol. The molecule has 1 aliphatic carbocycles. The monoisotopic (exact) mass is 501 g/mol. The number of aliphatic hydroxyl groups excluding tert-OH is 1. The summed E-state index contributed by atoms with van der Waals surface area (Å²) in [6, 6.07) is 9.22. The number of nitrogens with zero attached hydrogens (tertiary/aromatic N) is 3. The lowest BCUT2D eigenvalue weighted by molar-refractivity contribution is 0.131. The van der Waals surface area contributed by atoms with Crippen molar-refractivity contribution in [3.05, 3.63) is 59.7 Å². The highest BCUT2D eigenvalue weighted by Crippen LogP contribution is 2.36. The standard InChI is InChI=1S/C29H32FN5O2/c1-2-18-13-21(37)7-8-22(18)23-9-10-24-27(26(23)30)33-34-28(24)29-31-14-25(32-29)19-11-12-35(15-19)20-5-3-17(16-36)4-6-20/h7-11,13-14,17,20,36-37H,2-6,12,15-16H2,1H3,(H,31,32)(H,33,34). The van der Waals surface area contributed by atoms with Crippen molar-refractivity contribution < 1.29 is 14.6 Å². The number of halogens is 1. The highest BCUT2D eigenvalue weighted by Gasteiger charge is 2.28. The van der Waals surface area contributed by atoms with E-state index in [-0.39, 0.29) is 11.3 Å². The Balaban J connectivity index is 1.23. The molecule has 7 nitrogen and oxygen atoms in total. The maximum absolute atomic E-state index is 15.6. The van der Waals surface area contributed by atoms with Gasteiger partial charge >= 0.3 is 0 Å². The van der Waals surface area contributed by atoms with Gasteiger partial charge < -0.3 is 15.2 Å². The zero-order chi connectivity index (χ0) is 25.5. The molecule has 0 unspecified atom stereocenters. The first-order chi connectivity index (χ1) is 18.1. The SMILES string of the molecule is CCc1cc(O)ccc1-c1ccc2c(-c3ncc(C4=CCN(C5CCC(CO)CC5)C4)[nH]3)[nH]nc2c1F. The number of imidazole rings is 1. The molecule has 0 radical (unpaired) electrons. The number of aromatic amines is 2. The third-order valence-corrected chi connectivity index (χ3v) is 8.12. The molecule has 0 atom stereocenters. The van der Waals surface area contributed by atoms with E-state index < -0.39 is 5.82 Å². The van der Waals surface area contributed by atoms with Crippen LogP contribution in [0.4, 0.5) is 4.39 Å². The third-order valence-electron chi connectivity index (χ3n) is 8.12. The van der Waals surface area contributed by atoms with Gasteiger partial charge in [-0.05, 0) is 72.9 Å². The fraction of sp³-hybridized carbons (Fsp3) is 0.379. The molecule has 0 bridgehead atoms. The smallest absolute Gasteiger partial charge is 0.159 e. The van der Waals surface area contributed by atoms with Crippen LogP contribution in [0.2, 0.25) is 0 Å². The molecule has 37 heavy (non-hydrogen) atoms. The largest absolute Gasteiger partial charge is 0.508 e. The molecule has 4 N–H and O–H groups in total. The molecule has 4 aromatic rings. The summed E-state index contributed by atoms with van der Waals surface area (Å²) in [5.74, 6) is 0.872. The van der Waals surface area contributed by atoms with Gasteiger partial charge in [0, 0.05) is 36.7 Å². The Hall–Kier alpha value is -3.49. The van der Waals surface area contributed by atoms with Crippen molar-refractivity contribution >= 4 is 16.5 Å². The van der Waals surface area contributed by atoms with E-state index in [1.54, 1.807) is 24.3 Å². The molecule has 2 aliphatic rings. The zero-order valence-electron chi connectivity index (χ0n) is 21.0. The predicted molar refractivity (Wildman–Crippen MR) is 142 cm³/mol. The van der Waals surface area contributed by atoms with E-state index in [0.29, 0.717) is 47.5 Å². The maximum atomic E-state index is 15.6. The van der Waals surface area contributed by atoms with Crippen molar-refractivity contribution in [3.8, 4) is 28.4 Å². The van der Waals surface area contributed by atoms with Gasteiger partial charge in [0.15, 0.2) is 11.6 Å². The number of aryl methyl sites for hydroxylation is 1. The number of phenolic OH excluding ortho intramolecular Hbond substituents is 1. The van der Waals surface area contributed by atoms with Gasteiger partial charge in [0.1, 0.15) is 17.0 Å². The molecule has 0 spiro atoms. The fourth-order valence-corrected chi connectivity index (χ4v) is 5.92. The average Bonchev–Trinajstić information content (AvgIpc) is 3.68. The molecule has 0 saturated heterocycles. The summed E-state index contributed by atoms with van der Waals surface area (Å²) in [6.07, 6.45) is 9.25. The van der Waals surface area contributed by atoms with Crippen LogP contribution in [0.5, 0.6) is 5.75 Å². The van der Waals surface area contributed by atoms with E-state index in [1.807, 2.05) is 19.2 Å². The Morgan fingerprint density at radius 3 is 2.70 bits per heavy atom. The van der Waals surface area contributed by atoms with Gasteiger partial charge in [-0.3, -0.25) is 10.00 Å². The van der Waals surface area contributed by atoms with Crippen LogP contribution in [0.3, 0.4) is 0 Å². The van der Waals surface area contributed by atoms with Crippen molar-refractivity contribution in [1.29, 1.82) is 0 Å². The van der Waals surface area contributed by atoms with E-state index in [2.05, 4.69) is 31.1 Å². The molecular weight excluding hydrogens is 469 g/mol. The van der Waals surface area contributed by atoms with Crippen LogP contribution in [0.25, 0.3) is 39.1 Å². The summed E-state index contributed by atoms with van der Waals surface area (Å²) in [7, 11) is 0. The molecule has 2 aromatic heterocycles. The van der Waals surface area contributed by atoms with Gasteiger partial charge in [-0.1, -0.05) is 25.1 Å². The number of aromatic hydroxyl groups is 1. The first kappa shape index (κ1) is 23.9. The quantitative estimate of drug-likeness (QED) is 0.288. The molecular formula is C29H32FN5O2. The first-order valence-electron chi connectivity index (χ1n) is 13.1. The summed E-state index contributed by atoms with van der Waals surface area (Å²) in [6.45, 7) is 4.09. The zero-order valence-corrected chi connectivity index (χ0v) is 21.0. The van der Waals surface area contributed by atoms with Gasteiger partial charge in [-0.25, -0.2) is 9.37 Å². The van der Waals surface area contributed by atoms with Crippen LogP contribution in [-0.4, -0.2) is 61.0 Å². The van der Waals surface area contributed by atoms with Crippen molar-refractivity contribution in [2.75, 3.05) is 19.7 Å². The van der Waals surface area contributed by atoms with Gasteiger partial charge in [0.25, 0.3) is 0 Å². The fourth-order valence-electron chi connectivity index (χ4n) is 5.92. The minimum absolute atomic E-state index is 0.173. The second kappa shape index (κ2) is 9.76. The Bertz CT molecular complexity index is 1460. The summed E-state index contributed by atoms with van der Waals surface area (Å²) in [5.41, 5.74) is 5.22. The van der Waals surface area contributed by atoms with Gasteiger partial charge in [0.2, 0.25) is 0 Å². The van der Waals surface area contributed by atoms with Crippen LogP contribution in [-0.2, 0) is 6.42 Å². The van der Waals surface area contributed by atoms with E-state index >= 15 is 4.39 Å². The van der Waals surface area contributed by atoms with E-state index in [1.165, 1.54) is 5.57 Å². The molecule has 8 heteroatoms. The Morgan fingerprint density at radius 1 is 1.11 bits per heavy atom. The Labute approximate surface area is 215 Å². The summed E-state index contributed by atoms with van der Waals surface area (Å²) >= 11 is 0. The number of fused-ring (bicyclic) bond motifs is 1. The predicted octanol–water partition coefficient (Wildman–Crippen LogP) is 5.28. The normalized spacial score (nSPS) is 20.6. The first-order valence-corrected chi connectivity index (χ1v) is 13.1.